The third-order valence-corrected chi connectivity index (χ3v) is 3.02. The smallest absolute Gasteiger partial charge is 0.127 e. The number of nitrogens with one attached hydrogen (secondary N) is 1. The molecule has 1 heterocycles. The quantitative estimate of drug-likeness (QED) is 0.867. The standard InChI is InChI=1S/C11H18Cl2N2/c1-11(2,3)7-14-6-8-5-9(12)10(13)15(8)4/h5,14H,6-7H2,1-4H3. The van der Waals surface area contributed by atoms with Crippen molar-refractivity contribution >= 4 is 23.2 Å². The molecule has 0 aliphatic heterocycles. The lowest BCUT2D eigenvalue weighted by atomic mass is 9.97. The lowest BCUT2D eigenvalue weighted by Crippen LogP contribution is -2.27. The van der Waals surface area contributed by atoms with Gasteiger partial charge in [-0.05, 0) is 11.5 Å². The van der Waals surface area contributed by atoms with Gasteiger partial charge in [-0.3, -0.25) is 0 Å². The first-order valence-electron chi connectivity index (χ1n) is 5.01. The molecule has 4 heteroatoms. The van der Waals surface area contributed by atoms with Crippen LogP contribution in [0.25, 0.3) is 0 Å². The van der Waals surface area contributed by atoms with Crippen molar-refractivity contribution in [3.05, 3.63) is 21.9 Å². The van der Waals surface area contributed by atoms with Crippen LogP contribution in [0.5, 0.6) is 0 Å². The molecule has 0 radical (unpaired) electrons. The van der Waals surface area contributed by atoms with Crippen LogP contribution in [-0.2, 0) is 13.6 Å². The molecule has 0 fully saturated rings. The van der Waals surface area contributed by atoms with E-state index in [1.807, 2.05) is 17.7 Å². The highest BCUT2D eigenvalue weighted by atomic mass is 35.5. The van der Waals surface area contributed by atoms with Crippen molar-refractivity contribution in [1.82, 2.24) is 9.88 Å². The van der Waals surface area contributed by atoms with Gasteiger partial charge in [0.05, 0.1) is 5.02 Å². The highest BCUT2D eigenvalue weighted by Gasteiger charge is 2.11. The van der Waals surface area contributed by atoms with Gasteiger partial charge in [-0.25, -0.2) is 0 Å². The summed E-state index contributed by atoms with van der Waals surface area (Å²) in [5.74, 6) is 0. The minimum absolute atomic E-state index is 0.290. The Bertz CT molecular complexity index is 337. The SMILES string of the molecule is Cn1c(CNCC(C)(C)C)cc(Cl)c1Cl. The molecule has 0 saturated carbocycles. The van der Waals surface area contributed by atoms with Gasteiger partial charge in [-0.15, -0.1) is 0 Å². The lowest BCUT2D eigenvalue weighted by molar-refractivity contribution is 0.377. The van der Waals surface area contributed by atoms with Crippen molar-refractivity contribution in [2.75, 3.05) is 6.54 Å². The van der Waals surface area contributed by atoms with Gasteiger partial charge in [0.1, 0.15) is 5.15 Å². The molecule has 0 spiro atoms. The molecule has 0 aromatic carbocycles. The first-order valence-corrected chi connectivity index (χ1v) is 5.77. The van der Waals surface area contributed by atoms with Crippen LogP contribution >= 0.6 is 23.2 Å². The highest BCUT2D eigenvalue weighted by molar-refractivity contribution is 6.41. The zero-order chi connectivity index (χ0) is 11.6. The Labute approximate surface area is 102 Å². The molecule has 1 rings (SSSR count). The van der Waals surface area contributed by atoms with Gasteiger partial charge in [0.25, 0.3) is 0 Å². The van der Waals surface area contributed by atoms with Crippen molar-refractivity contribution in [3.8, 4) is 0 Å². The Hall–Kier alpha value is -0.180. The summed E-state index contributed by atoms with van der Waals surface area (Å²) < 4.78 is 1.90. The molecule has 0 aliphatic rings. The van der Waals surface area contributed by atoms with Gasteiger partial charge in [0, 0.05) is 25.8 Å². The van der Waals surface area contributed by atoms with E-state index in [9.17, 15) is 0 Å². The Kier molecular flexibility index (Phi) is 4.10. The van der Waals surface area contributed by atoms with Crippen LogP contribution < -0.4 is 5.32 Å². The Morgan fingerprint density at radius 1 is 1.33 bits per heavy atom. The molecule has 0 bridgehead atoms. The predicted molar refractivity (Wildman–Crippen MR) is 66.6 cm³/mol. The monoisotopic (exact) mass is 248 g/mol. The maximum atomic E-state index is 5.97. The van der Waals surface area contributed by atoms with Gasteiger partial charge in [0.15, 0.2) is 0 Å². The number of nitrogens with zero attached hydrogens (tertiary/aromatic N) is 1. The van der Waals surface area contributed by atoms with E-state index in [-0.39, 0.29) is 0 Å². The maximum absolute atomic E-state index is 5.97. The molecule has 0 unspecified atom stereocenters. The first kappa shape index (κ1) is 12.9. The molecule has 1 aromatic heterocycles. The van der Waals surface area contributed by atoms with Crippen LogP contribution in [0, 0.1) is 5.41 Å². The molecule has 0 atom stereocenters. The summed E-state index contributed by atoms with van der Waals surface area (Å²) in [6.45, 7) is 8.36. The Morgan fingerprint density at radius 2 is 1.93 bits per heavy atom. The molecule has 0 aliphatic carbocycles. The van der Waals surface area contributed by atoms with Gasteiger partial charge in [-0.1, -0.05) is 44.0 Å². The van der Waals surface area contributed by atoms with E-state index < -0.39 is 0 Å². The molecular weight excluding hydrogens is 231 g/mol. The summed E-state index contributed by atoms with van der Waals surface area (Å²) in [7, 11) is 1.92. The van der Waals surface area contributed by atoms with E-state index >= 15 is 0 Å². The number of hydrogen-bond acceptors (Lipinski definition) is 1. The molecule has 1 aromatic rings. The van der Waals surface area contributed by atoms with Crippen LogP contribution in [0.2, 0.25) is 10.2 Å². The summed E-state index contributed by atoms with van der Waals surface area (Å²) in [6.07, 6.45) is 0. The second kappa shape index (κ2) is 4.77. The third kappa shape index (κ3) is 3.71. The van der Waals surface area contributed by atoms with Crippen LogP contribution in [0.15, 0.2) is 6.07 Å². The van der Waals surface area contributed by atoms with Crippen LogP contribution in [-0.4, -0.2) is 11.1 Å². The Balaban J connectivity index is 2.55. The zero-order valence-corrected chi connectivity index (χ0v) is 11.2. The van der Waals surface area contributed by atoms with E-state index in [1.54, 1.807) is 0 Å². The number of hydrogen-bond donors (Lipinski definition) is 1. The summed E-state index contributed by atoms with van der Waals surface area (Å²) in [6, 6.07) is 1.90. The topological polar surface area (TPSA) is 17.0 Å². The normalized spacial score (nSPS) is 12.1. The second-order valence-corrected chi connectivity index (χ2v) is 5.76. The van der Waals surface area contributed by atoms with Crippen molar-refractivity contribution in [1.29, 1.82) is 0 Å². The second-order valence-electron chi connectivity index (χ2n) is 5.00. The Morgan fingerprint density at radius 3 is 2.33 bits per heavy atom. The average Bonchev–Trinajstić information content (AvgIpc) is 2.32. The van der Waals surface area contributed by atoms with Gasteiger partial charge < -0.3 is 9.88 Å². The molecule has 15 heavy (non-hydrogen) atoms. The highest BCUT2D eigenvalue weighted by Crippen LogP contribution is 2.25. The van der Waals surface area contributed by atoms with Crippen LogP contribution in [0.3, 0.4) is 0 Å². The average molecular weight is 249 g/mol. The molecule has 0 saturated heterocycles. The summed E-state index contributed by atoms with van der Waals surface area (Å²) in [5.41, 5.74) is 1.40. The van der Waals surface area contributed by atoms with Crippen LogP contribution in [0.4, 0.5) is 0 Å². The number of rotatable bonds is 3. The fraction of sp³-hybridized carbons (Fsp3) is 0.636. The van der Waals surface area contributed by atoms with Gasteiger partial charge >= 0.3 is 0 Å². The number of aromatic nitrogens is 1. The minimum atomic E-state index is 0.290. The minimum Gasteiger partial charge on any atom is -0.336 e. The van der Waals surface area contributed by atoms with E-state index in [2.05, 4.69) is 26.1 Å². The molecule has 0 amide bonds. The van der Waals surface area contributed by atoms with Crippen LogP contribution in [0.1, 0.15) is 26.5 Å². The van der Waals surface area contributed by atoms with Crippen molar-refractivity contribution in [2.24, 2.45) is 12.5 Å². The van der Waals surface area contributed by atoms with Crippen molar-refractivity contribution in [2.45, 2.75) is 27.3 Å². The maximum Gasteiger partial charge on any atom is 0.127 e. The van der Waals surface area contributed by atoms with E-state index in [4.69, 9.17) is 23.2 Å². The first-order chi connectivity index (χ1) is 6.81. The van der Waals surface area contributed by atoms with E-state index in [0.29, 0.717) is 15.6 Å². The third-order valence-electron chi connectivity index (χ3n) is 2.18. The van der Waals surface area contributed by atoms with Gasteiger partial charge in [0.2, 0.25) is 0 Å². The fourth-order valence-corrected chi connectivity index (χ4v) is 1.74. The lowest BCUT2D eigenvalue weighted by Gasteiger charge is -2.18. The molecule has 1 N–H and O–H groups in total. The molecular formula is C11H18Cl2N2. The fourth-order valence-electron chi connectivity index (χ4n) is 1.32. The summed E-state index contributed by atoms with van der Waals surface area (Å²) in [4.78, 5) is 0. The van der Waals surface area contributed by atoms with Gasteiger partial charge in [-0.2, -0.15) is 0 Å². The number of halogens is 2. The molecule has 86 valence electrons. The van der Waals surface area contributed by atoms with Crippen molar-refractivity contribution < 1.29 is 0 Å². The summed E-state index contributed by atoms with van der Waals surface area (Å²) in [5, 5.41) is 4.60. The largest absolute Gasteiger partial charge is 0.336 e. The van der Waals surface area contributed by atoms with Crippen molar-refractivity contribution in [3.63, 3.8) is 0 Å². The van der Waals surface area contributed by atoms with E-state index in [0.717, 1.165) is 18.8 Å². The van der Waals surface area contributed by atoms with E-state index in [1.165, 1.54) is 0 Å². The molecule has 2 nitrogen and oxygen atoms in total. The zero-order valence-electron chi connectivity index (χ0n) is 9.69. The predicted octanol–water partition coefficient (Wildman–Crippen LogP) is 3.47. The summed E-state index contributed by atoms with van der Waals surface area (Å²) >= 11 is 11.9.